The lowest BCUT2D eigenvalue weighted by atomic mass is 10.5. The van der Waals surface area contributed by atoms with E-state index in [9.17, 15) is 0 Å². The second-order valence-corrected chi connectivity index (χ2v) is 4.22. The molecular formula is C8H11BrN2S. The van der Waals surface area contributed by atoms with Crippen molar-refractivity contribution in [2.45, 2.75) is 11.4 Å². The number of nitrogens with zero attached hydrogens (tertiary/aromatic N) is 1. The number of hydrogen-bond acceptors (Lipinski definition) is 3. The quantitative estimate of drug-likeness (QED) is 0.655. The zero-order valence-electron chi connectivity index (χ0n) is 6.66. The van der Waals surface area contributed by atoms with Gasteiger partial charge in [0.05, 0.1) is 0 Å². The van der Waals surface area contributed by atoms with E-state index < -0.39 is 0 Å². The van der Waals surface area contributed by atoms with E-state index in [1.54, 1.807) is 18.0 Å². The average Bonchev–Trinajstić information content (AvgIpc) is 2.09. The van der Waals surface area contributed by atoms with E-state index in [0.717, 1.165) is 28.2 Å². The third-order valence-electron chi connectivity index (χ3n) is 1.31. The first kappa shape index (κ1) is 10.0. The Labute approximate surface area is 85.1 Å². The largest absolute Gasteiger partial charge is 0.330 e. The van der Waals surface area contributed by atoms with Crippen molar-refractivity contribution >= 4 is 27.7 Å². The highest BCUT2D eigenvalue weighted by Gasteiger charge is 1.98. The molecule has 0 saturated carbocycles. The van der Waals surface area contributed by atoms with Gasteiger partial charge in [0.15, 0.2) is 0 Å². The number of halogens is 1. The van der Waals surface area contributed by atoms with Crippen LogP contribution in [0.5, 0.6) is 0 Å². The van der Waals surface area contributed by atoms with Gasteiger partial charge in [0, 0.05) is 16.4 Å². The lowest BCUT2D eigenvalue weighted by molar-refractivity contribution is 0.940. The highest BCUT2D eigenvalue weighted by molar-refractivity contribution is 9.10. The molecule has 66 valence electrons. The fourth-order valence-electron chi connectivity index (χ4n) is 0.730. The van der Waals surface area contributed by atoms with Crippen molar-refractivity contribution in [2.24, 2.45) is 5.73 Å². The average molecular weight is 247 g/mol. The maximum atomic E-state index is 5.39. The molecule has 0 aliphatic rings. The molecule has 0 aliphatic heterocycles. The first-order valence-corrected chi connectivity index (χ1v) is 5.56. The summed E-state index contributed by atoms with van der Waals surface area (Å²) in [5, 5.41) is 1.05. The Morgan fingerprint density at radius 2 is 2.42 bits per heavy atom. The van der Waals surface area contributed by atoms with Gasteiger partial charge in [-0.1, -0.05) is 0 Å². The summed E-state index contributed by atoms with van der Waals surface area (Å²) in [6, 6.07) is 3.91. The van der Waals surface area contributed by atoms with Gasteiger partial charge in [0.2, 0.25) is 0 Å². The van der Waals surface area contributed by atoms with Crippen molar-refractivity contribution in [3.8, 4) is 0 Å². The van der Waals surface area contributed by atoms with Gasteiger partial charge in [0.1, 0.15) is 5.03 Å². The van der Waals surface area contributed by atoms with Crippen molar-refractivity contribution in [1.29, 1.82) is 0 Å². The first-order valence-electron chi connectivity index (χ1n) is 3.78. The van der Waals surface area contributed by atoms with Gasteiger partial charge in [-0.05, 0) is 41.0 Å². The van der Waals surface area contributed by atoms with E-state index in [0.29, 0.717) is 0 Å². The smallest absolute Gasteiger partial charge is 0.110 e. The molecule has 1 aromatic rings. The van der Waals surface area contributed by atoms with Gasteiger partial charge in [-0.15, -0.1) is 11.8 Å². The summed E-state index contributed by atoms with van der Waals surface area (Å²) in [4.78, 5) is 4.23. The van der Waals surface area contributed by atoms with Crippen LogP contribution in [0, 0.1) is 0 Å². The van der Waals surface area contributed by atoms with Crippen LogP contribution in [-0.2, 0) is 0 Å². The topological polar surface area (TPSA) is 38.9 Å². The molecule has 1 aromatic heterocycles. The molecule has 2 N–H and O–H groups in total. The Bertz CT molecular complexity index is 242. The van der Waals surface area contributed by atoms with E-state index in [2.05, 4.69) is 20.9 Å². The number of nitrogens with two attached hydrogens (primary N) is 1. The molecule has 1 rings (SSSR count). The minimum Gasteiger partial charge on any atom is -0.330 e. The zero-order valence-corrected chi connectivity index (χ0v) is 9.07. The maximum Gasteiger partial charge on any atom is 0.110 e. The molecule has 0 aromatic carbocycles. The number of aromatic nitrogens is 1. The van der Waals surface area contributed by atoms with Gasteiger partial charge < -0.3 is 5.73 Å². The van der Waals surface area contributed by atoms with E-state index in [-0.39, 0.29) is 0 Å². The Morgan fingerprint density at radius 3 is 3.08 bits per heavy atom. The monoisotopic (exact) mass is 246 g/mol. The summed E-state index contributed by atoms with van der Waals surface area (Å²) in [5.41, 5.74) is 5.39. The lowest BCUT2D eigenvalue weighted by Crippen LogP contribution is -1.99. The molecule has 0 saturated heterocycles. The van der Waals surface area contributed by atoms with E-state index >= 15 is 0 Å². The summed E-state index contributed by atoms with van der Waals surface area (Å²) in [6.07, 6.45) is 2.84. The van der Waals surface area contributed by atoms with Crippen LogP contribution in [0.15, 0.2) is 27.8 Å². The summed E-state index contributed by atoms with van der Waals surface area (Å²) < 4.78 is 1.06. The standard InChI is InChI=1S/C8H11BrN2S/c9-7-3-1-5-11-8(7)12-6-2-4-10/h1,3,5H,2,4,6,10H2. The Morgan fingerprint density at radius 1 is 1.58 bits per heavy atom. The van der Waals surface area contributed by atoms with Crippen LogP contribution in [0.1, 0.15) is 6.42 Å². The fourth-order valence-corrected chi connectivity index (χ4v) is 2.17. The molecule has 0 aliphatic carbocycles. The van der Waals surface area contributed by atoms with Crippen LogP contribution in [0.25, 0.3) is 0 Å². The van der Waals surface area contributed by atoms with Crippen molar-refractivity contribution in [3.63, 3.8) is 0 Å². The van der Waals surface area contributed by atoms with Crippen molar-refractivity contribution in [1.82, 2.24) is 4.98 Å². The Hall–Kier alpha value is -0.0600. The van der Waals surface area contributed by atoms with Gasteiger partial charge in [-0.2, -0.15) is 0 Å². The molecule has 2 nitrogen and oxygen atoms in total. The van der Waals surface area contributed by atoms with Crippen LogP contribution in [0.3, 0.4) is 0 Å². The van der Waals surface area contributed by atoms with Gasteiger partial charge >= 0.3 is 0 Å². The molecule has 4 heteroatoms. The van der Waals surface area contributed by atoms with E-state index in [4.69, 9.17) is 5.73 Å². The van der Waals surface area contributed by atoms with Crippen LogP contribution in [0.4, 0.5) is 0 Å². The predicted molar refractivity (Wildman–Crippen MR) is 56.3 cm³/mol. The molecule has 0 spiro atoms. The zero-order chi connectivity index (χ0) is 8.81. The Kier molecular flexibility index (Phi) is 4.65. The minimum absolute atomic E-state index is 0.747. The normalized spacial score (nSPS) is 10.2. The summed E-state index contributed by atoms with van der Waals surface area (Å²) in [5.74, 6) is 1.03. The highest BCUT2D eigenvalue weighted by Crippen LogP contribution is 2.24. The van der Waals surface area contributed by atoms with Gasteiger partial charge in [-0.25, -0.2) is 4.98 Å². The summed E-state index contributed by atoms with van der Waals surface area (Å²) in [7, 11) is 0. The first-order chi connectivity index (χ1) is 5.84. The molecule has 0 fully saturated rings. The molecule has 12 heavy (non-hydrogen) atoms. The maximum absolute atomic E-state index is 5.39. The highest BCUT2D eigenvalue weighted by atomic mass is 79.9. The molecule has 0 amide bonds. The van der Waals surface area contributed by atoms with Crippen molar-refractivity contribution in [2.75, 3.05) is 12.3 Å². The molecule has 0 atom stereocenters. The second-order valence-electron chi connectivity index (χ2n) is 2.28. The summed E-state index contributed by atoms with van der Waals surface area (Å²) >= 11 is 5.17. The SMILES string of the molecule is NCCCSc1ncccc1Br. The van der Waals surface area contributed by atoms with Gasteiger partial charge in [0.25, 0.3) is 0 Å². The number of thioether (sulfide) groups is 1. The van der Waals surface area contributed by atoms with Crippen molar-refractivity contribution < 1.29 is 0 Å². The van der Waals surface area contributed by atoms with Crippen molar-refractivity contribution in [3.05, 3.63) is 22.8 Å². The van der Waals surface area contributed by atoms with Crippen LogP contribution >= 0.6 is 27.7 Å². The number of rotatable bonds is 4. The molecule has 1 heterocycles. The number of hydrogen-bond donors (Lipinski definition) is 1. The predicted octanol–water partition coefficient (Wildman–Crippen LogP) is 2.29. The van der Waals surface area contributed by atoms with Crippen LogP contribution in [-0.4, -0.2) is 17.3 Å². The van der Waals surface area contributed by atoms with E-state index in [1.165, 1.54) is 0 Å². The van der Waals surface area contributed by atoms with Gasteiger partial charge in [-0.3, -0.25) is 0 Å². The van der Waals surface area contributed by atoms with E-state index in [1.807, 2.05) is 12.1 Å². The molecule has 0 unspecified atom stereocenters. The molecule has 0 radical (unpaired) electrons. The fraction of sp³-hybridized carbons (Fsp3) is 0.375. The third kappa shape index (κ3) is 3.13. The molecular weight excluding hydrogens is 236 g/mol. The lowest BCUT2D eigenvalue weighted by Gasteiger charge is -2.00. The second kappa shape index (κ2) is 5.56. The Balaban J connectivity index is 2.46. The van der Waals surface area contributed by atoms with Crippen LogP contribution < -0.4 is 5.73 Å². The molecule has 0 bridgehead atoms. The summed E-state index contributed by atoms with van der Waals surface area (Å²) in [6.45, 7) is 0.747. The third-order valence-corrected chi connectivity index (χ3v) is 3.31. The minimum atomic E-state index is 0.747. The number of pyridine rings is 1. The van der Waals surface area contributed by atoms with Crippen LogP contribution in [0.2, 0.25) is 0 Å².